The first kappa shape index (κ1) is 17.2. The highest BCUT2D eigenvalue weighted by molar-refractivity contribution is 5.98. The largest absolute Gasteiger partial charge is 0.465 e. The van der Waals surface area contributed by atoms with E-state index in [9.17, 15) is 14.0 Å². The maximum Gasteiger partial charge on any atom is 0.337 e. The first-order valence-corrected chi connectivity index (χ1v) is 8.28. The summed E-state index contributed by atoms with van der Waals surface area (Å²) < 4.78 is 17.9. The normalized spacial score (nSPS) is 16.9. The SMILES string of the molecule is COC(=O)c1cc(CF)cc(C(=O)N2CCCC2c2ccc(C)[nH]2)c1. The third-order valence-electron chi connectivity index (χ3n) is 4.54. The monoisotopic (exact) mass is 344 g/mol. The van der Waals surface area contributed by atoms with Gasteiger partial charge in [-0.15, -0.1) is 0 Å². The van der Waals surface area contributed by atoms with Gasteiger partial charge in [-0.2, -0.15) is 0 Å². The molecule has 0 radical (unpaired) electrons. The van der Waals surface area contributed by atoms with Crippen molar-refractivity contribution in [1.29, 1.82) is 0 Å². The number of H-pyrrole nitrogens is 1. The van der Waals surface area contributed by atoms with Gasteiger partial charge in [0.1, 0.15) is 6.67 Å². The van der Waals surface area contributed by atoms with Gasteiger partial charge in [-0.25, -0.2) is 9.18 Å². The quantitative estimate of drug-likeness (QED) is 0.863. The summed E-state index contributed by atoms with van der Waals surface area (Å²) >= 11 is 0. The van der Waals surface area contributed by atoms with E-state index in [4.69, 9.17) is 4.74 Å². The lowest BCUT2D eigenvalue weighted by molar-refractivity contribution is 0.0600. The van der Waals surface area contributed by atoms with Crippen molar-refractivity contribution in [2.24, 2.45) is 0 Å². The van der Waals surface area contributed by atoms with Crippen LogP contribution in [0.5, 0.6) is 0 Å². The van der Waals surface area contributed by atoms with Gasteiger partial charge in [-0.05, 0) is 55.7 Å². The smallest absolute Gasteiger partial charge is 0.337 e. The average molecular weight is 344 g/mol. The Balaban J connectivity index is 1.92. The molecule has 0 bridgehead atoms. The van der Waals surface area contributed by atoms with Crippen LogP contribution in [0.1, 0.15) is 56.6 Å². The van der Waals surface area contributed by atoms with E-state index in [-0.39, 0.29) is 23.1 Å². The number of ether oxygens (including phenoxy) is 1. The molecule has 1 N–H and O–H groups in total. The molecule has 132 valence electrons. The summed E-state index contributed by atoms with van der Waals surface area (Å²) in [5.41, 5.74) is 2.83. The summed E-state index contributed by atoms with van der Waals surface area (Å²) in [7, 11) is 1.26. The van der Waals surface area contributed by atoms with Gasteiger partial charge < -0.3 is 14.6 Å². The van der Waals surface area contributed by atoms with E-state index in [0.29, 0.717) is 12.1 Å². The molecule has 0 aliphatic carbocycles. The fourth-order valence-electron chi connectivity index (χ4n) is 3.35. The standard InChI is InChI=1S/C19H21FN2O3/c1-12-5-6-16(21-12)17-4-3-7-22(17)18(23)14-8-13(11-20)9-15(10-14)19(24)25-2/h5-6,8-10,17,21H,3-4,7,11H2,1-2H3. The number of benzene rings is 1. The van der Waals surface area contributed by atoms with Crippen molar-refractivity contribution in [3.8, 4) is 0 Å². The second-order valence-corrected chi connectivity index (χ2v) is 6.30. The van der Waals surface area contributed by atoms with Crippen LogP contribution in [-0.2, 0) is 11.4 Å². The van der Waals surface area contributed by atoms with Crippen LogP contribution in [-0.4, -0.2) is 35.4 Å². The number of aromatic nitrogens is 1. The third-order valence-corrected chi connectivity index (χ3v) is 4.54. The van der Waals surface area contributed by atoms with Crippen LogP contribution in [0.4, 0.5) is 4.39 Å². The van der Waals surface area contributed by atoms with Crippen molar-refractivity contribution in [1.82, 2.24) is 9.88 Å². The highest BCUT2D eigenvalue weighted by atomic mass is 19.1. The molecule has 6 heteroatoms. The molecule has 1 aliphatic rings. The Morgan fingerprint density at radius 2 is 2.04 bits per heavy atom. The van der Waals surface area contributed by atoms with Crippen LogP contribution in [0.15, 0.2) is 30.3 Å². The van der Waals surface area contributed by atoms with Crippen molar-refractivity contribution in [3.05, 3.63) is 58.4 Å². The van der Waals surface area contributed by atoms with Crippen LogP contribution in [0.3, 0.4) is 0 Å². The summed E-state index contributed by atoms with van der Waals surface area (Å²) in [6.07, 6.45) is 1.78. The Hall–Kier alpha value is -2.63. The zero-order valence-electron chi connectivity index (χ0n) is 14.3. The molecular weight excluding hydrogens is 323 g/mol. The lowest BCUT2D eigenvalue weighted by Gasteiger charge is -2.24. The molecule has 1 saturated heterocycles. The van der Waals surface area contributed by atoms with Gasteiger partial charge in [0.25, 0.3) is 5.91 Å². The second kappa shape index (κ2) is 7.09. The van der Waals surface area contributed by atoms with Crippen LogP contribution < -0.4 is 0 Å². The van der Waals surface area contributed by atoms with Gasteiger partial charge in [0.2, 0.25) is 0 Å². The summed E-state index contributed by atoms with van der Waals surface area (Å²) in [5, 5.41) is 0. The van der Waals surface area contributed by atoms with Crippen molar-refractivity contribution in [2.75, 3.05) is 13.7 Å². The predicted octanol–water partition coefficient (Wildman–Crippen LogP) is 3.56. The maximum atomic E-state index is 13.2. The number of methoxy groups -OCH3 is 1. The fraction of sp³-hybridized carbons (Fsp3) is 0.368. The molecule has 1 aromatic carbocycles. The van der Waals surface area contributed by atoms with Crippen molar-refractivity contribution in [2.45, 2.75) is 32.5 Å². The minimum Gasteiger partial charge on any atom is -0.465 e. The van der Waals surface area contributed by atoms with Gasteiger partial charge >= 0.3 is 5.97 Å². The number of carbonyl (C=O) groups excluding carboxylic acids is 2. The first-order valence-electron chi connectivity index (χ1n) is 8.28. The molecule has 1 unspecified atom stereocenters. The van der Waals surface area contributed by atoms with Crippen LogP contribution >= 0.6 is 0 Å². The van der Waals surface area contributed by atoms with Crippen LogP contribution in [0.25, 0.3) is 0 Å². The molecule has 3 rings (SSSR count). The number of hydrogen-bond acceptors (Lipinski definition) is 3. The minimum absolute atomic E-state index is 0.0307. The molecule has 1 amide bonds. The molecule has 1 aliphatic heterocycles. The average Bonchev–Trinajstić information content (AvgIpc) is 3.28. The zero-order valence-corrected chi connectivity index (χ0v) is 14.3. The second-order valence-electron chi connectivity index (χ2n) is 6.30. The Morgan fingerprint density at radius 3 is 2.68 bits per heavy atom. The molecule has 0 spiro atoms. The summed E-state index contributed by atoms with van der Waals surface area (Å²) in [6, 6.07) is 8.33. The molecular formula is C19H21FN2O3. The van der Waals surface area contributed by atoms with E-state index >= 15 is 0 Å². The van der Waals surface area contributed by atoms with Crippen LogP contribution in [0, 0.1) is 6.92 Å². The van der Waals surface area contributed by atoms with E-state index in [2.05, 4.69) is 4.98 Å². The number of halogens is 1. The number of rotatable bonds is 4. The Morgan fingerprint density at radius 1 is 1.28 bits per heavy atom. The Labute approximate surface area is 145 Å². The van der Waals surface area contributed by atoms with E-state index < -0.39 is 12.6 Å². The topological polar surface area (TPSA) is 62.4 Å². The first-order chi connectivity index (χ1) is 12.0. The molecule has 2 aromatic rings. The van der Waals surface area contributed by atoms with E-state index in [1.165, 1.54) is 25.3 Å². The Kier molecular flexibility index (Phi) is 4.88. The van der Waals surface area contributed by atoms with Gasteiger partial charge in [0.05, 0.1) is 18.7 Å². The molecule has 2 heterocycles. The molecule has 25 heavy (non-hydrogen) atoms. The van der Waals surface area contributed by atoms with Gasteiger partial charge in [0, 0.05) is 23.5 Å². The number of carbonyl (C=O) groups is 2. The minimum atomic E-state index is -0.746. The number of nitrogens with one attached hydrogen (secondary N) is 1. The fourth-order valence-corrected chi connectivity index (χ4v) is 3.35. The van der Waals surface area contributed by atoms with Gasteiger partial charge in [0.15, 0.2) is 0 Å². The van der Waals surface area contributed by atoms with E-state index in [1.54, 1.807) is 4.90 Å². The Bertz CT molecular complexity index is 800. The molecule has 1 fully saturated rings. The molecule has 1 aromatic heterocycles. The number of amides is 1. The zero-order chi connectivity index (χ0) is 18.0. The molecule has 0 saturated carbocycles. The van der Waals surface area contributed by atoms with E-state index in [0.717, 1.165) is 24.2 Å². The summed E-state index contributed by atoms with van der Waals surface area (Å²) in [5.74, 6) is -0.780. The third kappa shape index (κ3) is 3.43. The highest BCUT2D eigenvalue weighted by Gasteiger charge is 2.31. The maximum absolute atomic E-state index is 13.2. The van der Waals surface area contributed by atoms with Crippen LogP contribution in [0.2, 0.25) is 0 Å². The number of aromatic amines is 1. The van der Waals surface area contributed by atoms with E-state index in [1.807, 2.05) is 19.1 Å². The van der Waals surface area contributed by atoms with Crippen molar-refractivity contribution < 1.29 is 18.7 Å². The van der Waals surface area contributed by atoms with Crippen molar-refractivity contribution in [3.63, 3.8) is 0 Å². The van der Waals surface area contributed by atoms with Gasteiger partial charge in [-0.3, -0.25) is 4.79 Å². The number of hydrogen-bond donors (Lipinski definition) is 1. The number of aryl methyl sites for hydroxylation is 1. The number of nitrogens with zero attached hydrogens (tertiary/aromatic N) is 1. The number of likely N-dealkylation sites (tertiary alicyclic amines) is 1. The number of esters is 1. The number of alkyl halides is 1. The lowest BCUT2D eigenvalue weighted by Crippen LogP contribution is -2.31. The van der Waals surface area contributed by atoms with Gasteiger partial charge in [-0.1, -0.05) is 0 Å². The molecule has 1 atom stereocenters. The van der Waals surface area contributed by atoms with Crippen molar-refractivity contribution >= 4 is 11.9 Å². The predicted molar refractivity (Wildman–Crippen MR) is 91.1 cm³/mol. The molecule has 5 nitrogen and oxygen atoms in total. The summed E-state index contributed by atoms with van der Waals surface area (Å²) in [6.45, 7) is 1.86. The summed E-state index contributed by atoms with van der Waals surface area (Å²) in [4.78, 5) is 29.9. The highest BCUT2D eigenvalue weighted by Crippen LogP contribution is 2.33. The lowest BCUT2D eigenvalue weighted by atomic mass is 10.0.